The Kier molecular flexibility index (Phi) is 5.70. The van der Waals surface area contributed by atoms with E-state index in [1.54, 1.807) is 0 Å². The first kappa shape index (κ1) is 13.9. The van der Waals surface area contributed by atoms with Crippen molar-refractivity contribution in [2.45, 2.75) is 20.8 Å². The van der Waals surface area contributed by atoms with Crippen LogP contribution in [0.3, 0.4) is 0 Å². The highest BCUT2D eigenvalue weighted by Gasteiger charge is 2.05. The lowest BCUT2D eigenvalue weighted by molar-refractivity contribution is 0.273. The van der Waals surface area contributed by atoms with Crippen LogP contribution in [0.2, 0.25) is 0 Å². The van der Waals surface area contributed by atoms with Crippen molar-refractivity contribution < 1.29 is 4.74 Å². The van der Waals surface area contributed by atoms with Crippen LogP contribution in [0, 0.1) is 19.8 Å². The lowest BCUT2D eigenvalue weighted by atomic mass is 10.1. The van der Waals surface area contributed by atoms with E-state index in [-0.39, 0.29) is 0 Å². The number of hydrogen-bond acceptors (Lipinski definition) is 2. The lowest BCUT2D eigenvalue weighted by Gasteiger charge is -2.13. The molecule has 0 heterocycles. The fourth-order valence-corrected chi connectivity index (χ4v) is 2.45. The van der Waals surface area contributed by atoms with Crippen LogP contribution in [0.5, 0.6) is 5.75 Å². The maximum atomic E-state index is 5.80. The third kappa shape index (κ3) is 4.02. The second kappa shape index (κ2) is 6.55. The number of thioether (sulfide) groups is 1. The van der Waals surface area contributed by atoms with Gasteiger partial charge in [0.05, 0.1) is 6.61 Å². The van der Waals surface area contributed by atoms with Crippen molar-refractivity contribution in [1.82, 2.24) is 0 Å². The fraction of sp³-hybridized carbons (Fsp3) is 0.538. The summed E-state index contributed by atoms with van der Waals surface area (Å²) in [5, 5.41) is 0. The summed E-state index contributed by atoms with van der Waals surface area (Å²) in [5.41, 5.74) is 2.46. The van der Waals surface area contributed by atoms with Crippen molar-refractivity contribution in [3.8, 4) is 5.75 Å². The van der Waals surface area contributed by atoms with Gasteiger partial charge >= 0.3 is 0 Å². The molecule has 0 N–H and O–H groups in total. The molecule has 1 rings (SSSR count). The summed E-state index contributed by atoms with van der Waals surface area (Å²) in [5.74, 6) is 2.72. The van der Waals surface area contributed by atoms with E-state index < -0.39 is 0 Å². The number of aryl methyl sites for hydroxylation is 2. The molecule has 90 valence electrons. The van der Waals surface area contributed by atoms with E-state index >= 15 is 0 Å². The van der Waals surface area contributed by atoms with E-state index in [9.17, 15) is 0 Å². The lowest BCUT2D eigenvalue weighted by Crippen LogP contribution is -2.10. The first-order valence-corrected chi connectivity index (χ1v) is 7.61. The number of hydrogen-bond donors (Lipinski definition) is 0. The van der Waals surface area contributed by atoms with Crippen molar-refractivity contribution in [3.05, 3.63) is 27.7 Å². The number of rotatable bonds is 5. The Bertz CT molecular complexity index is 329. The van der Waals surface area contributed by atoms with Gasteiger partial charge in [-0.25, -0.2) is 0 Å². The van der Waals surface area contributed by atoms with E-state index in [4.69, 9.17) is 4.74 Å². The quantitative estimate of drug-likeness (QED) is 0.795. The van der Waals surface area contributed by atoms with Gasteiger partial charge in [0.15, 0.2) is 0 Å². The Morgan fingerprint density at radius 1 is 1.31 bits per heavy atom. The van der Waals surface area contributed by atoms with Crippen molar-refractivity contribution in [3.63, 3.8) is 0 Å². The second-order valence-corrected chi connectivity index (χ2v) is 5.95. The van der Waals surface area contributed by atoms with Crippen molar-refractivity contribution >= 4 is 27.7 Å². The zero-order chi connectivity index (χ0) is 12.1. The Balaban J connectivity index is 2.61. The van der Waals surface area contributed by atoms with Crippen LogP contribution in [0.15, 0.2) is 16.6 Å². The minimum Gasteiger partial charge on any atom is -0.493 e. The molecule has 0 aliphatic heterocycles. The first-order chi connectivity index (χ1) is 7.54. The predicted molar refractivity (Wildman–Crippen MR) is 76.7 cm³/mol. The summed E-state index contributed by atoms with van der Waals surface area (Å²) in [7, 11) is 0. The molecule has 0 bridgehead atoms. The molecular formula is C13H19BrOS. The first-order valence-electron chi connectivity index (χ1n) is 5.43. The van der Waals surface area contributed by atoms with Crippen LogP contribution < -0.4 is 4.74 Å². The van der Waals surface area contributed by atoms with Crippen LogP contribution in [-0.2, 0) is 0 Å². The summed E-state index contributed by atoms with van der Waals surface area (Å²) in [4.78, 5) is 0. The monoisotopic (exact) mass is 302 g/mol. The predicted octanol–water partition coefficient (Wildman–Crippen LogP) is 4.44. The minimum absolute atomic E-state index is 0.597. The highest BCUT2D eigenvalue weighted by Crippen LogP contribution is 2.26. The second-order valence-electron chi connectivity index (χ2n) is 4.24. The summed E-state index contributed by atoms with van der Waals surface area (Å²) in [6.07, 6.45) is 2.13. The number of ether oxygens (including phenoxy) is 1. The Labute approximate surface area is 111 Å². The van der Waals surface area contributed by atoms with Gasteiger partial charge in [0.2, 0.25) is 0 Å². The SMILES string of the molecule is CSC[C@H](C)COc1cc(C)c(Br)c(C)c1. The zero-order valence-electron chi connectivity index (χ0n) is 10.3. The van der Waals surface area contributed by atoms with Crippen LogP contribution in [0.1, 0.15) is 18.1 Å². The maximum Gasteiger partial charge on any atom is 0.119 e. The molecule has 0 aliphatic rings. The Hall–Kier alpha value is -0.150. The number of halogens is 1. The van der Waals surface area contributed by atoms with Gasteiger partial charge in [0, 0.05) is 4.47 Å². The molecule has 0 unspecified atom stereocenters. The molecule has 0 fully saturated rings. The number of benzene rings is 1. The summed E-state index contributed by atoms with van der Waals surface area (Å²) < 4.78 is 6.98. The average molecular weight is 303 g/mol. The molecule has 1 nitrogen and oxygen atoms in total. The molecule has 3 heteroatoms. The molecule has 0 amide bonds. The zero-order valence-corrected chi connectivity index (χ0v) is 12.7. The van der Waals surface area contributed by atoms with Crippen LogP contribution in [-0.4, -0.2) is 18.6 Å². The molecule has 0 spiro atoms. The minimum atomic E-state index is 0.597. The van der Waals surface area contributed by atoms with Crippen LogP contribution >= 0.6 is 27.7 Å². The average Bonchev–Trinajstić information content (AvgIpc) is 2.23. The van der Waals surface area contributed by atoms with E-state index in [2.05, 4.69) is 55.1 Å². The Morgan fingerprint density at radius 2 is 1.88 bits per heavy atom. The topological polar surface area (TPSA) is 9.23 Å². The maximum absolute atomic E-state index is 5.80. The summed E-state index contributed by atoms with van der Waals surface area (Å²) in [6, 6.07) is 4.17. The van der Waals surface area contributed by atoms with Crippen molar-refractivity contribution in [2.24, 2.45) is 5.92 Å². The summed E-state index contributed by atoms with van der Waals surface area (Å²) in [6.45, 7) is 7.20. The van der Waals surface area contributed by atoms with Gasteiger partial charge in [-0.1, -0.05) is 22.9 Å². The molecule has 0 saturated heterocycles. The van der Waals surface area contributed by atoms with Gasteiger partial charge in [-0.2, -0.15) is 11.8 Å². The van der Waals surface area contributed by atoms with E-state index in [1.807, 2.05) is 11.8 Å². The van der Waals surface area contributed by atoms with Crippen molar-refractivity contribution in [2.75, 3.05) is 18.6 Å². The molecular weight excluding hydrogens is 284 g/mol. The molecule has 1 aromatic carbocycles. The normalized spacial score (nSPS) is 12.6. The Morgan fingerprint density at radius 3 is 2.38 bits per heavy atom. The largest absolute Gasteiger partial charge is 0.493 e. The van der Waals surface area contributed by atoms with Gasteiger partial charge in [-0.05, 0) is 55.0 Å². The van der Waals surface area contributed by atoms with Gasteiger partial charge in [-0.3, -0.25) is 0 Å². The summed E-state index contributed by atoms with van der Waals surface area (Å²) >= 11 is 5.43. The molecule has 1 aromatic rings. The standard InChI is InChI=1S/C13H19BrOS/c1-9(8-16-4)7-15-12-5-10(2)13(14)11(3)6-12/h5-6,9H,7-8H2,1-4H3/t9-/m1/s1. The molecule has 0 saturated carbocycles. The van der Waals surface area contributed by atoms with E-state index in [1.165, 1.54) is 15.6 Å². The smallest absolute Gasteiger partial charge is 0.119 e. The molecule has 0 aromatic heterocycles. The highest BCUT2D eigenvalue weighted by molar-refractivity contribution is 9.10. The van der Waals surface area contributed by atoms with E-state index in [0.717, 1.165) is 18.1 Å². The van der Waals surface area contributed by atoms with E-state index in [0.29, 0.717) is 5.92 Å². The molecule has 0 radical (unpaired) electrons. The van der Waals surface area contributed by atoms with Gasteiger partial charge in [0.1, 0.15) is 5.75 Å². The fourth-order valence-electron chi connectivity index (χ4n) is 1.56. The highest BCUT2D eigenvalue weighted by atomic mass is 79.9. The third-order valence-electron chi connectivity index (χ3n) is 2.40. The van der Waals surface area contributed by atoms with Crippen LogP contribution in [0.25, 0.3) is 0 Å². The van der Waals surface area contributed by atoms with Crippen molar-refractivity contribution in [1.29, 1.82) is 0 Å². The molecule has 16 heavy (non-hydrogen) atoms. The molecule has 1 atom stereocenters. The van der Waals surface area contributed by atoms with Gasteiger partial charge < -0.3 is 4.74 Å². The van der Waals surface area contributed by atoms with Gasteiger partial charge in [0.25, 0.3) is 0 Å². The third-order valence-corrected chi connectivity index (χ3v) is 4.55. The van der Waals surface area contributed by atoms with Crippen LogP contribution in [0.4, 0.5) is 0 Å². The molecule has 0 aliphatic carbocycles. The van der Waals surface area contributed by atoms with Gasteiger partial charge in [-0.15, -0.1) is 0 Å².